The Balaban J connectivity index is 1.92. The third-order valence-corrected chi connectivity index (χ3v) is 4.09. The van der Waals surface area contributed by atoms with Crippen molar-refractivity contribution in [3.05, 3.63) is 56.6 Å². The van der Waals surface area contributed by atoms with Gasteiger partial charge in [-0.1, -0.05) is 11.6 Å². The summed E-state index contributed by atoms with van der Waals surface area (Å²) in [5, 5.41) is 23.4. The molecule has 0 aromatic heterocycles. The van der Waals surface area contributed by atoms with Gasteiger partial charge in [0.15, 0.2) is 11.5 Å². The number of ether oxygens (including phenoxy) is 3. The summed E-state index contributed by atoms with van der Waals surface area (Å²) in [6.07, 6.45) is 1.11. The lowest BCUT2D eigenvalue weighted by Crippen LogP contribution is -2.13. The van der Waals surface area contributed by atoms with Gasteiger partial charge >= 0.3 is 0 Å². The van der Waals surface area contributed by atoms with Gasteiger partial charge in [-0.3, -0.25) is 14.9 Å². The third-order valence-electron chi connectivity index (χ3n) is 3.79. The molecule has 0 bridgehead atoms. The van der Waals surface area contributed by atoms with Crippen molar-refractivity contribution in [1.29, 1.82) is 5.26 Å². The van der Waals surface area contributed by atoms with E-state index in [-0.39, 0.29) is 40.1 Å². The number of nitrogens with one attached hydrogen (secondary N) is 1. The normalized spacial score (nSPS) is 12.2. The molecule has 9 nitrogen and oxygen atoms in total. The first-order chi connectivity index (χ1) is 13.4. The predicted molar refractivity (Wildman–Crippen MR) is 99.4 cm³/mol. The third kappa shape index (κ3) is 3.82. The van der Waals surface area contributed by atoms with Crippen molar-refractivity contribution >= 4 is 35.0 Å². The van der Waals surface area contributed by atoms with Crippen LogP contribution in [-0.2, 0) is 4.79 Å². The second kappa shape index (κ2) is 7.85. The van der Waals surface area contributed by atoms with Crippen LogP contribution in [0.3, 0.4) is 0 Å². The lowest BCUT2D eigenvalue weighted by Gasteiger charge is -2.08. The first-order valence-corrected chi connectivity index (χ1v) is 8.15. The average Bonchev–Trinajstić information content (AvgIpc) is 3.12. The lowest BCUT2D eigenvalue weighted by atomic mass is 10.1. The second-order valence-corrected chi connectivity index (χ2v) is 5.90. The van der Waals surface area contributed by atoms with Crippen molar-refractivity contribution in [2.24, 2.45) is 0 Å². The predicted octanol–water partition coefficient (Wildman–Crippen LogP) is 3.53. The van der Waals surface area contributed by atoms with E-state index < -0.39 is 10.8 Å². The molecule has 10 heteroatoms. The van der Waals surface area contributed by atoms with Crippen LogP contribution < -0.4 is 19.5 Å². The van der Waals surface area contributed by atoms with E-state index in [0.717, 1.165) is 6.08 Å². The Morgan fingerprint density at radius 2 is 2.07 bits per heavy atom. The van der Waals surface area contributed by atoms with Gasteiger partial charge in [0.25, 0.3) is 11.6 Å². The minimum absolute atomic E-state index is 0.0358. The molecule has 0 radical (unpaired) electrons. The molecular formula is C18H12ClN3O6. The number of anilines is 1. The summed E-state index contributed by atoms with van der Waals surface area (Å²) in [4.78, 5) is 23.1. The Kier molecular flexibility index (Phi) is 5.33. The Hall–Kier alpha value is -3.77. The van der Waals surface area contributed by atoms with Crippen molar-refractivity contribution in [1.82, 2.24) is 0 Å². The second-order valence-electron chi connectivity index (χ2n) is 5.49. The zero-order chi connectivity index (χ0) is 20.3. The summed E-state index contributed by atoms with van der Waals surface area (Å²) in [7, 11) is 1.45. The molecule has 0 saturated heterocycles. The molecule has 3 rings (SSSR count). The monoisotopic (exact) mass is 401 g/mol. The van der Waals surface area contributed by atoms with Gasteiger partial charge in [0.1, 0.15) is 17.4 Å². The Morgan fingerprint density at radius 1 is 1.36 bits per heavy atom. The molecular weight excluding hydrogens is 390 g/mol. The molecule has 1 N–H and O–H groups in total. The fourth-order valence-electron chi connectivity index (χ4n) is 2.47. The van der Waals surface area contributed by atoms with Gasteiger partial charge in [0.05, 0.1) is 28.7 Å². The van der Waals surface area contributed by atoms with Crippen LogP contribution in [0.4, 0.5) is 11.4 Å². The van der Waals surface area contributed by atoms with Crippen molar-refractivity contribution in [2.45, 2.75) is 0 Å². The SMILES string of the molecule is COc1ccc(NC(=O)C(C#N)=Cc2cc3c(cc2[N+](=O)[O-])OCO3)cc1Cl. The highest BCUT2D eigenvalue weighted by molar-refractivity contribution is 6.32. The maximum Gasteiger partial charge on any atom is 0.280 e. The van der Waals surface area contributed by atoms with Gasteiger partial charge in [-0.2, -0.15) is 5.26 Å². The largest absolute Gasteiger partial charge is 0.495 e. The van der Waals surface area contributed by atoms with Crippen LogP contribution in [0.1, 0.15) is 5.56 Å². The van der Waals surface area contributed by atoms with E-state index in [4.69, 9.17) is 25.8 Å². The van der Waals surface area contributed by atoms with Crippen molar-refractivity contribution in [3.63, 3.8) is 0 Å². The number of nitro groups is 1. The minimum Gasteiger partial charge on any atom is -0.495 e. The van der Waals surface area contributed by atoms with Crippen LogP contribution in [0.5, 0.6) is 17.2 Å². The van der Waals surface area contributed by atoms with Gasteiger partial charge in [-0.25, -0.2) is 0 Å². The van der Waals surface area contributed by atoms with Gasteiger partial charge in [0.2, 0.25) is 6.79 Å². The van der Waals surface area contributed by atoms with E-state index in [1.165, 1.54) is 25.3 Å². The number of rotatable bonds is 5. The topological polar surface area (TPSA) is 124 Å². The number of hydrogen-bond donors (Lipinski definition) is 1. The molecule has 0 aliphatic carbocycles. The van der Waals surface area contributed by atoms with Gasteiger partial charge in [-0.05, 0) is 30.3 Å². The highest BCUT2D eigenvalue weighted by Gasteiger charge is 2.23. The fraction of sp³-hybridized carbons (Fsp3) is 0.111. The van der Waals surface area contributed by atoms with Crippen LogP contribution in [0.25, 0.3) is 6.08 Å². The van der Waals surface area contributed by atoms with Crippen molar-refractivity contribution < 1.29 is 23.9 Å². The summed E-state index contributed by atoms with van der Waals surface area (Å²) in [5.41, 5.74) is -0.294. The maximum atomic E-state index is 12.4. The number of fused-ring (bicyclic) bond motifs is 1. The highest BCUT2D eigenvalue weighted by Crippen LogP contribution is 2.38. The van der Waals surface area contributed by atoms with Crippen LogP contribution in [-0.4, -0.2) is 24.7 Å². The minimum atomic E-state index is -0.754. The number of benzene rings is 2. The summed E-state index contributed by atoms with van der Waals surface area (Å²) in [6, 6.07) is 8.81. The Morgan fingerprint density at radius 3 is 2.68 bits per heavy atom. The Bertz CT molecular complexity index is 1040. The summed E-state index contributed by atoms with van der Waals surface area (Å²) < 4.78 is 15.3. The van der Waals surface area contributed by atoms with Crippen LogP contribution in [0.2, 0.25) is 5.02 Å². The number of nitrogens with zero attached hydrogens (tertiary/aromatic N) is 2. The molecule has 1 aliphatic rings. The standard InChI is InChI=1S/C18H12ClN3O6/c1-26-15-3-2-12(6-13(15)19)21-18(23)11(8-20)4-10-5-16-17(28-9-27-16)7-14(10)22(24)25/h2-7H,9H2,1H3,(H,21,23). The molecule has 0 unspecified atom stereocenters. The number of nitro benzene ring substituents is 1. The van der Waals surface area contributed by atoms with Crippen LogP contribution in [0.15, 0.2) is 35.9 Å². The van der Waals surface area contributed by atoms with E-state index in [9.17, 15) is 20.2 Å². The Labute approximate surface area is 163 Å². The summed E-state index contributed by atoms with van der Waals surface area (Å²) in [5.74, 6) is 0.179. The number of carbonyl (C=O) groups excluding carboxylic acids is 1. The number of methoxy groups -OCH3 is 1. The number of halogens is 1. The number of nitriles is 1. The van der Waals surface area contributed by atoms with E-state index in [2.05, 4.69) is 5.32 Å². The highest BCUT2D eigenvalue weighted by atomic mass is 35.5. The average molecular weight is 402 g/mol. The van der Waals surface area contributed by atoms with Gasteiger partial charge in [0, 0.05) is 5.69 Å². The van der Waals surface area contributed by atoms with Crippen LogP contribution in [0, 0.1) is 21.4 Å². The number of carbonyl (C=O) groups is 1. The molecule has 28 heavy (non-hydrogen) atoms. The smallest absolute Gasteiger partial charge is 0.280 e. The molecule has 0 saturated carbocycles. The van der Waals surface area contributed by atoms with E-state index >= 15 is 0 Å². The van der Waals surface area contributed by atoms with E-state index in [1.807, 2.05) is 0 Å². The molecule has 0 spiro atoms. The van der Waals surface area contributed by atoms with E-state index in [1.54, 1.807) is 18.2 Å². The van der Waals surface area contributed by atoms with Gasteiger partial charge in [-0.15, -0.1) is 0 Å². The quantitative estimate of drug-likeness (QED) is 0.351. The summed E-state index contributed by atoms with van der Waals surface area (Å²) in [6.45, 7) is -0.0660. The summed E-state index contributed by atoms with van der Waals surface area (Å²) >= 11 is 6.01. The zero-order valence-corrected chi connectivity index (χ0v) is 15.1. The number of hydrogen-bond acceptors (Lipinski definition) is 7. The van der Waals surface area contributed by atoms with E-state index in [0.29, 0.717) is 11.4 Å². The molecule has 1 amide bonds. The first-order valence-electron chi connectivity index (χ1n) is 7.77. The molecule has 2 aromatic carbocycles. The first kappa shape index (κ1) is 19.0. The van der Waals surface area contributed by atoms with Crippen molar-refractivity contribution in [3.8, 4) is 23.3 Å². The molecule has 0 fully saturated rings. The fourth-order valence-corrected chi connectivity index (χ4v) is 2.73. The van der Waals surface area contributed by atoms with Gasteiger partial charge < -0.3 is 19.5 Å². The molecule has 0 atom stereocenters. The molecule has 2 aromatic rings. The maximum absolute atomic E-state index is 12.4. The lowest BCUT2D eigenvalue weighted by molar-refractivity contribution is -0.385. The van der Waals surface area contributed by atoms with Crippen LogP contribution >= 0.6 is 11.6 Å². The zero-order valence-electron chi connectivity index (χ0n) is 14.4. The van der Waals surface area contributed by atoms with Crippen molar-refractivity contribution in [2.75, 3.05) is 19.2 Å². The number of amides is 1. The molecule has 142 valence electrons. The molecule has 1 heterocycles. The molecule has 1 aliphatic heterocycles.